The van der Waals surface area contributed by atoms with E-state index in [1.54, 1.807) is 12.1 Å². The second kappa shape index (κ2) is 5.16. The summed E-state index contributed by atoms with van der Waals surface area (Å²) in [5.41, 5.74) is 6.60. The summed E-state index contributed by atoms with van der Waals surface area (Å²) in [6, 6.07) is 4.66. The van der Waals surface area contributed by atoms with Crippen LogP contribution < -0.4 is 11.1 Å². The molecule has 1 aromatic heterocycles. The highest BCUT2D eigenvalue weighted by molar-refractivity contribution is 5.98. The zero-order valence-electron chi connectivity index (χ0n) is 9.60. The fourth-order valence-corrected chi connectivity index (χ4v) is 1.69. The van der Waals surface area contributed by atoms with Crippen LogP contribution in [0.15, 0.2) is 24.4 Å². The number of pyridine rings is 1. The van der Waals surface area contributed by atoms with E-state index >= 15 is 0 Å². The Labute approximate surface area is 103 Å². The number of aliphatic hydroxyl groups is 2. The molecule has 0 amide bonds. The van der Waals surface area contributed by atoms with E-state index < -0.39 is 18.5 Å². The molecule has 1 unspecified atom stereocenters. The van der Waals surface area contributed by atoms with Crippen molar-refractivity contribution in [2.45, 2.75) is 6.10 Å². The molecule has 1 atom stereocenters. The molecule has 0 aliphatic carbocycles. The van der Waals surface area contributed by atoms with Crippen LogP contribution in [-0.4, -0.2) is 34.5 Å². The van der Waals surface area contributed by atoms with Crippen molar-refractivity contribution in [3.8, 4) is 0 Å². The van der Waals surface area contributed by atoms with Gasteiger partial charge >= 0.3 is 0 Å². The maximum Gasteiger partial charge on any atom is 0.150 e. The Balaban J connectivity index is 2.43. The molecule has 0 bridgehead atoms. The minimum absolute atomic E-state index is 0.0308. The molecular weight excluding hydrogens is 237 g/mol. The van der Waals surface area contributed by atoms with E-state index in [2.05, 4.69) is 10.3 Å². The predicted octanol–water partition coefficient (Wildman–Crippen LogP) is 0.721. The minimum Gasteiger partial charge on any atom is -0.398 e. The number of nitrogens with two attached hydrogens (primary N) is 1. The van der Waals surface area contributed by atoms with Crippen molar-refractivity contribution in [1.82, 2.24) is 4.98 Å². The Kier molecular flexibility index (Phi) is 3.59. The molecule has 0 aliphatic rings. The average molecular weight is 251 g/mol. The topological polar surface area (TPSA) is 91.4 Å². The van der Waals surface area contributed by atoms with Crippen LogP contribution in [-0.2, 0) is 0 Å². The molecule has 0 saturated heterocycles. The summed E-state index contributed by atoms with van der Waals surface area (Å²) in [4.78, 5) is 4.08. The molecule has 5 nitrogen and oxygen atoms in total. The quantitative estimate of drug-likeness (QED) is 0.601. The molecule has 1 aromatic carbocycles. The van der Waals surface area contributed by atoms with Gasteiger partial charge < -0.3 is 21.3 Å². The number of aliphatic hydroxyl groups excluding tert-OH is 2. The molecule has 2 rings (SSSR count). The van der Waals surface area contributed by atoms with E-state index in [1.807, 2.05) is 0 Å². The van der Waals surface area contributed by atoms with E-state index in [4.69, 9.17) is 10.8 Å². The van der Waals surface area contributed by atoms with Crippen LogP contribution in [0.4, 0.5) is 15.8 Å². The number of nitrogens with one attached hydrogen (secondary N) is 1. The minimum atomic E-state index is -0.958. The number of nitrogen functional groups attached to an aromatic ring is 1. The van der Waals surface area contributed by atoms with E-state index in [-0.39, 0.29) is 12.2 Å². The van der Waals surface area contributed by atoms with Crippen molar-refractivity contribution >= 4 is 22.3 Å². The molecule has 5 N–H and O–H groups in total. The van der Waals surface area contributed by atoms with Crippen molar-refractivity contribution in [3.63, 3.8) is 0 Å². The molecule has 18 heavy (non-hydrogen) atoms. The highest BCUT2D eigenvalue weighted by Crippen LogP contribution is 2.29. The Morgan fingerprint density at radius 2 is 2.28 bits per heavy atom. The van der Waals surface area contributed by atoms with Crippen LogP contribution in [0.25, 0.3) is 10.9 Å². The second-order valence-electron chi connectivity index (χ2n) is 3.94. The fourth-order valence-electron chi connectivity index (χ4n) is 1.69. The summed E-state index contributed by atoms with van der Waals surface area (Å²) in [5, 5.41) is 21.3. The lowest BCUT2D eigenvalue weighted by Crippen LogP contribution is -2.23. The SMILES string of the molecule is Nc1cc(F)c(NCC(O)CO)c2ncccc12. The van der Waals surface area contributed by atoms with Gasteiger partial charge in [0.2, 0.25) is 0 Å². The molecule has 2 aromatic rings. The highest BCUT2D eigenvalue weighted by Gasteiger charge is 2.12. The molecule has 0 radical (unpaired) electrons. The summed E-state index contributed by atoms with van der Waals surface area (Å²) in [5.74, 6) is -0.538. The standard InChI is InChI=1S/C12H14FN3O2/c13-9-4-10(14)8-2-1-3-15-11(8)12(9)16-5-7(18)6-17/h1-4,7,16-18H,5-6,14H2. The number of halogens is 1. The summed E-state index contributed by atoms with van der Waals surface area (Å²) in [6.07, 6.45) is 0.579. The Hall–Kier alpha value is -1.92. The average Bonchev–Trinajstić information content (AvgIpc) is 2.38. The number of hydrogen-bond donors (Lipinski definition) is 4. The van der Waals surface area contributed by atoms with Crippen molar-refractivity contribution in [3.05, 3.63) is 30.2 Å². The van der Waals surface area contributed by atoms with Crippen LogP contribution in [0.5, 0.6) is 0 Å². The number of nitrogens with zero attached hydrogens (tertiary/aromatic N) is 1. The van der Waals surface area contributed by atoms with Crippen molar-refractivity contribution in [2.75, 3.05) is 24.2 Å². The second-order valence-corrected chi connectivity index (χ2v) is 3.94. The van der Waals surface area contributed by atoms with Gasteiger partial charge in [-0.25, -0.2) is 4.39 Å². The maximum absolute atomic E-state index is 13.8. The molecule has 6 heteroatoms. The first-order valence-corrected chi connectivity index (χ1v) is 5.49. The molecular formula is C12H14FN3O2. The Bertz CT molecular complexity index is 562. The van der Waals surface area contributed by atoms with Gasteiger partial charge in [0.1, 0.15) is 0 Å². The lowest BCUT2D eigenvalue weighted by atomic mass is 10.1. The molecule has 0 spiro atoms. The first kappa shape index (κ1) is 12.5. The monoisotopic (exact) mass is 251 g/mol. The Morgan fingerprint density at radius 1 is 1.50 bits per heavy atom. The van der Waals surface area contributed by atoms with Crippen LogP contribution in [0.3, 0.4) is 0 Å². The van der Waals surface area contributed by atoms with E-state index in [1.165, 1.54) is 12.3 Å². The Morgan fingerprint density at radius 3 is 3.00 bits per heavy atom. The normalized spacial score (nSPS) is 12.6. The number of benzene rings is 1. The van der Waals surface area contributed by atoms with Gasteiger partial charge in [-0.2, -0.15) is 0 Å². The molecule has 1 heterocycles. The number of fused-ring (bicyclic) bond motifs is 1. The van der Waals surface area contributed by atoms with Gasteiger partial charge in [0.15, 0.2) is 5.82 Å². The van der Waals surface area contributed by atoms with Gasteiger partial charge in [-0.05, 0) is 18.2 Å². The van der Waals surface area contributed by atoms with Crippen LogP contribution in [0.2, 0.25) is 0 Å². The lowest BCUT2D eigenvalue weighted by Gasteiger charge is -2.13. The molecule has 0 fully saturated rings. The molecule has 0 aliphatic heterocycles. The van der Waals surface area contributed by atoms with Gasteiger partial charge in [-0.15, -0.1) is 0 Å². The van der Waals surface area contributed by atoms with Crippen molar-refractivity contribution in [2.24, 2.45) is 0 Å². The van der Waals surface area contributed by atoms with Crippen molar-refractivity contribution < 1.29 is 14.6 Å². The highest BCUT2D eigenvalue weighted by atomic mass is 19.1. The van der Waals surface area contributed by atoms with Crippen molar-refractivity contribution in [1.29, 1.82) is 0 Å². The molecule has 0 saturated carbocycles. The van der Waals surface area contributed by atoms with E-state index in [0.29, 0.717) is 16.6 Å². The lowest BCUT2D eigenvalue weighted by molar-refractivity contribution is 0.105. The number of hydrogen-bond acceptors (Lipinski definition) is 5. The predicted molar refractivity (Wildman–Crippen MR) is 67.7 cm³/mol. The maximum atomic E-state index is 13.8. The number of rotatable bonds is 4. The third kappa shape index (κ3) is 2.34. The van der Waals surface area contributed by atoms with Gasteiger partial charge in [-0.1, -0.05) is 0 Å². The third-order valence-corrected chi connectivity index (χ3v) is 2.60. The summed E-state index contributed by atoms with van der Waals surface area (Å²) < 4.78 is 13.8. The van der Waals surface area contributed by atoms with Crippen LogP contribution >= 0.6 is 0 Å². The zero-order valence-corrected chi connectivity index (χ0v) is 9.60. The third-order valence-electron chi connectivity index (χ3n) is 2.60. The smallest absolute Gasteiger partial charge is 0.150 e. The number of anilines is 2. The van der Waals surface area contributed by atoms with Crippen LogP contribution in [0, 0.1) is 5.82 Å². The van der Waals surface area contributed by atoms with Gasteiger partial charge in [0.05, 0.1) is 23.9 Å². The summed E-state index contributed by atoms with van der Waals surface area (Å²) in [7, 11) is 0. The fraction of sp³-hybridized carbons (Fsp3) is 0.250. The largest absolute Gasteiger partial charge is 0.398 e. The van der Waals surface area contributed by atoms with E-state index in [0.717, 1.165) is 0 Å². The first-order chi connectivity index (χ1) is 8.63. The summed E-state index contributed by atoms with van der Waals surface area (Å²) in [6.45, 7) is -0.363. The van der Waals surface area contributed by atoms with Gasteiger partial charge in [0.25, 0.3) is 0 Å². The van der Waals surface area contributed by atoms with Gasteiger partial charge in [0, 0.05) is 23.8 Å². The van der Waals surface area contributed by atoms with Crippen LogP contribution in [0.1, 0.15) is 0 Å². The molecule has 96 valence electrons. The first-order valence-electron chi connectivity index (χ1n) is 5.49. The van der Waals surface area contributed by atoms with Gasteiger partial charge in [-0.3, -0.25) is 4.98 Å². The van der Waals surface area contributed by atoms with E-state index in [9.17, 15) is 9.50 Å². The summed E-state index contributed by atoms with van der Waals surface area (Å²) >= 11 is 0. The number of aromatic nitrogens is 1. The zero-order chi connectivity index (χ0) is 13.1.